The summed E-state index contributed by atoms with van der Waals surface area (Å²) in [5.74, 6) is 0. The monoisotopic (exact) mass is 348 g/mol. The van der Waals surface area contributed by atoms with Crippen molar-refractivity contribution in [2.24, 2.45) is 0 Å². The maximum absolute atomic E-state index is 10.3. The van der Waals surface area contributed by atoms with E-state index in [1.54, 1.807) is 0 Å². The van der Waals surface area contributed by atoms with Crippen LogP contribution in [-0.4, -0.2) is 67.3 Å². The fourth-order valence-corrected chi connectivity index (χ4v) is 2.61. The molecule has 1 aliphatic heterocycles. The summed E-state index contributed by atoms with van der Waals surface area (Å²) in [5.41, 5.74) is 0. The number of unbranched alkanes of at least 4 members (excludes halogenated alkanes) is 3. The van der Waals surface area contributed by atoms with Crippen LogP contribution >= 0.6 is 0 Å². The van der Waals surface area contributed by atoms with Gasteiger partial charge in [0.2, 0.25) is 0 Å². The van der Waals surface area contributed by atoms with E-state index in [1.807, 2.05) is 0 Å². The molecular formula is C18H36O6. The molecule has 24 heavy (non-hydrogen) atoms. The lowest BCUT2D eigenvalue weighted by atomic mass is 9.98. The Morgan fingerprint density at radius 1 is 0.792 bits per heavy atom. The second kappa shape index (κ2) is 13.0. The molecule has 0 aromatic rings. The van der Waals surface area contributed by atoms with Crippen molar-refractivity contribution in [2.45, 2.75) is 90.0 Å². The van der Waals surface area contributed by atoms with Crippen molar-refractivity contribution in [3.63, 3.8) is 0 Å². The van der Waals surface area contributed by atoms with E-state index in [4.69, 9.17) is 18.9 Å². The minimum atomic E-state index is -1.28. The lowest BCUT2D eigenvalue weighted by Gasteiger charge is -2.42. The first-order chi connectivity index (χ1) is 11.7. The molecule has 144 valence electrons. The van der Waals surface area contributed by atoms with Gasteiger partial charge in [-0.2, -0.15) is 0 Å². The van der Waals surface area contributed by atoms with Gasteiger partial charge in [-0.25, -0.2) is 0 Å². The van der Waals surface area contributed by atoms with Crippen LogP contribution in [0.5, 0.6) is 0 Å². The molecule has 0 aromatic heterocycles. The second-order valence-electron chi connectivity index (χ2n) is 6.36. The smallest absolute Gasteiger partial charge is 0.184 e. The lowest BCUT2D eigenvalue weighted by Crippen LogP contribution is -2.60. The number of aliphatic hydroxyl groups excluding tert-OH is 2. The summed E-state index contributed by atoms with van der Waals surface area (Å²) in [4.78, 5) is 0. The Kier molecular flexibility index (Phi) is 11.8. The SMILES string of the molecule is CCCCOC[C@@H]1O[C@H](O)[C@@H](O)[C@@H](OCCCC)[C@@H]1OCCCC. The highest BCUT2D eigenvalue weighted by Crippen LogP contribution is 2.26. The third-order valence-corrected chi connectivity index (χ3v) is 4.17. The summed E-state index contributed by atoms with van der Waals surface area (Å²) in [6.07, 6.45) is 2.04. The Labute approximate surface area is 146 Å². The van der Waals surface area contributed by atoms with Gasteiger partial charge in [0, 0.05) is 19.8 Å². The molecule has 1 fully saturated rings. The topological polar surface area (TPSA) is 77.4 Å². The van der Waals surface area contributed by atoms with E-state index in [2.05, 4.69) is 20.8 Å². The second-order valence-corrected chi connectivity index (χ2v) is 6.36. The highest BCUT2D eigenvalue weighted by Gasteiger charge is 2.46. The van der Waals surface area contributed by atoms with Crippen LogP contribution in [0, 0.1) is 0 Å². The van der Waals surface area contributed by atoms with E-state index >= 15 is 0 Å². The molecule has 0 radical (unpaired) electrons. The van der Waals surface area contributed by atoms with Crippen LogP contribution < -0.4 is 0 Å². The Morgan fingerprint density at radius 3 is 1.92 bits per heavy atom. The summed E-state index contributed by atoms with van der Waals surface area (Å²) >= 11 is 0. The van der Waals surface area contributed by atoms with E-state index in [-0.39, 0.29) is 0 Å². The van der Waals surface area contributed by atoms with E-state index < -0.39 is 30.7 Å². The predicted octanol–water partition coefficient (Wildman–Crippen LogP) is 2.25. The zero-order valence-electron chi connectivity index (χ0n) is 15.5. The number of hydrogen-bond donors (Lipinski definition) is 2. The third-order valence-electron chi connectivity index (χ3n) is 4.17. The van der Waals surface area contributed by atoms with Crippen LogP contribution in [0.4, 0.5) is 0 Å². The maximum atomic E-state index is 10.3. The molecule has 0 spiro atoms. The zero-order chi connectivity index (χ0) is 17.8. The van der Waals surface area contributed by atoms with Gasteiger partial charge in [0.1, 0.15) is 24.4 Å². The van der Waals surface area contributed by atoms with Gasteiger partial charge in [0.15, 0.2) is 6.29 Å². The zero-order valence-corrected chi connectivity index (χ0v) is 15.5. The van der Waals surface area contributed by atoms with Gasteiger partial charge in [-0.05, 0) is 19.3 Å². The van der Waals surface area contributed by atoms with E-state index in [1.165, 1.54) is 0 Å². The average molecular weight is 348 g/mol. The minimum Gasteiger partial charge on any atom is -0.385 e. The highest BCUT2D eigenvalue weighted by molar-refractivity contribution is 4.91. The summed E-state index contributed by atoms with van der Waals surface area (Å²) in [7, 11) is 0. The van der Waals surface area contributed by atoms with Crippen molar-refractivity contribution in [2.75, 3.05) is 26.4 Å². The average Bonchev–Trinajstić information content (AvgIpc) is 2.58. The van der Waals surface area contributed by atoms with E-state index in [9.17, 15) is 10.2 Å². The van der Waals surface area contributed by atoms with Gasteiger partial charge in [0.05, 0.1) is 6.61 Å². The molecule has 0 unspecified atom stereocenters. The first kappa shape index (κ1) is 21.8. The number of hydrogen-bond acceptors (Lipinski definition) is 6. The molecular weight excluding hydrogens is 312 g/mol. The van der Waals surface area contributed by atoms with Gasteiger partial charge >= 0.3 is 0 Å². The van der Waals surface area contributed by atoms with Gasteiger partial charge in [-0.1, -0.05) is 40.0 Å². The molecule has 6 heteroatoms. The first-order valence-electron chi connectivity index (χ1n) is 9.48. The van der Waals surface area contributed by atoms with Crippen molar-refractivity contribution in [1.29, 1.82) is 0 Å². The van der Waals surface area contributed by atoms with Crippen LogP contribution in [0.15, 0.2) is 0 Å². The molecule has 0 aliphatic carbocycles. The summed E-state index contributed by atoms with van der Waals surface area (Å²) < 4.78 is 23.0. The standard InChI is InChI=1S/C18H36O6/c1-4-7-10-21-13-14-16(22-11-8-5-2)17(23-12-9-6-3)15(19)18(20)24-14/h14-20H,4-13H2,1-3H3/t14-,15-,16+,17+,18-/m0/s1. The molecule has 2 N–H and O–H groups in total. The van der Waals surface area contributed by atoms with Gasteiger partial charge in [-0.3, -0.25) is 0 Å². The van der Waals surface area contributed by atoms with Gasteiger partial charge in [-0.15, -0.1) is 0 Å². The van der Waals surface area contributed by atoms with Crippen molar-refractivity contribution >= 4 is 0 Å². The van der Waals surface area contributed by atoms with Gasteiger partial charge < -0.3 is 29.2 Å². The fourth-order valence-electron chi connectivity index (χ4n) is 2.61. The lowest BCUT2D eigenvalue weighted by molar-refractivity contribution is -0.303. The Balaban J connectivity index is 2.68. The van der Waals surface area contributed by atoms with Crippen LogP contribution in [-0.2, 0) is 18.9 Å². The largest absolute Gasteiger partial charge is 0.385 e. The molecule has 0 saturated carbocycles. The summed E-state index contributed by atoms with van der Waals surface area (Å²) in [6.45, 7) is 8.37. The van der Waals surface area contributed by atoms with Crippen molar-refractivity contribution in [1.82, 2.24) is 0 Å². The number of rotatable bonds is 13. The molecule has 0 amide bonds. The van der Waals surface area contributed by atoms with Crippen molar-refractivity contribution in [3.05, 3.63) is 0 Å². The quantitative estimate of drug-likeness (QED) is 0.497. The van der Waals surface area contributed by atoms with Crippen molar-refractivity contribution in [3.8, 4) is 0 Å². The normalized spacial score (nSPS) is 30.6. The first-order valence-corrected chi connectivity index (χ1v) is 9.48. The van der Waals surface area contributed by atoms with Gasteiger partial charge in [0.25, 0.3) is 0 Å². The van der Waals surface area contributed by atoms with E-state index in [0.717, 1.165) is 38.5 Å². The molecule has 1 aliphatic rings. The molecule has 0 bridgehead atoms. The molecule has 5 atom stereocenters. The maximum Gasteiger partial charge on any atom is 0.184 e. The fraction of sp³-hybridized carbons (Fsp3) is 1.00. The van der Waals surface area contributed by atoms with E-state index in [0.29, 0.717) is 26.4 Å². The molecule has 6 nitrogen and oxygen atoms in total. The Bertz CT molecular complexity index is 301. The number of ether oxygens (including phenoxy) is 4. The molecule has 1 rings (SSSR count). The van der Waals surface area contributed by atoms with Crippen molar-refractivity contribution < 1.29 is 29.2 Å². The van der Waals surface area contributed by atoms with Crippen LogP contribution in [0.2, 0.25) is 0 Å². The van der Waals surface area contributed by atoms with Crippen LogP contribution in [0.25, 0.3) is 0 Å². The van der Waals surface area contributed by atoms with Crippen LogP contribution in [0.1, 0.15) is 59.3 Å². The molecule has 0 aromatic carbocycles. The Hall–Kier alpha value is -0.240. The third kappa shape index (κ3) is 7.33. The molecule has 1 saturated heterocycles. The minimum absolute atomic E-state index is 0.328. The Morgan fingerprint density at radius 2 is 1.33 bits per heavy atom. The summed E-state index contributed by atoms with van der Waals surface area (Å²) in [6, 6.07) is 0. The number of aliphatic hydroxyl groups is 2. The molecule has 1 heterocycles. The highest BCUT2D eigenvalue weighted by atomic mass is 16.7. The van der Waals surface area contributed by atoms with Crippen LogP contribution in [0.3, 0.4) is 0 Å². The summed E-state index contributed by atoms with van der Waals surface area (Å²) in [5, 5.41) is 20.3. The predicted molar refractivity (Wildman–Crippen MR) is 91.9 cm³/mol.